The third kappa shape index (κ3) is 7.02. The molecule has 2 aliphatic rings. The second-order valence-electron chi connectivity index (χ2n) is 9.81. The van der Waals surface area contributed by atoms with Crippen LogP contribution in [0.15, 0.2) is 89.1 Å². The Morgan fingerprint density at radius 1 is 0.953 bits per heavy atom. The van der Waals surface area contributed by atoms with E-state index in [-0.39, 0.29) is 43.8 Å². The van der Waals surface area contributed by atoms with Crippen molar-refractivity contribution < 1.29 is 23.9 Å². The summed E-state index contributed by atoms with van der Waals surface area (Å²) in [5.74, 6) is -0.948. The highest BCUT2D eigenvalue weighted by molar-refractivity contribution is 7.80. The van der Waals surface area contributed by atoms with Crippen molar-refractivity contribution in [1.29, 1.82) is 0 Å². The first kappa shape index (κ1) is 30.6. The molecule has 2 amide bonds. The minimum absolute atomic E-state index is 0.0392. The molecule has 2 aliphatic heterocycles. The first-order valence-corrected chi connectivity index (χ1v) is 14.8. The normalized spacial score (nSPS) is 16.1. The Hall–Kier alpha value is -3.89. The van der Waals surface area contributed by atoms with Crippen molar-refractivity contribution in [3.63, 3.8) is 0 Å². The summed E-state index contributed by atoms with van der Waals surface area (Å²) in [6.45, 7) is 0.224. The molecule has 0 bridgehead atoms. The van der Waals surface area contributed by atoms with E-state index in [4.69, 9.17) is 44.9 Å². The smallest absolute Gasteiger partial charge is 0.338 e. The van der Waals surface area contributed by atoms with Crippen molar-refractivity contribution in [3.8, 4) is 0 Å². The number of nitrogens with zero attached hydrogens (tertiary/aromatic N) is 2. The zero-order valence-electron chi connectivity index (χ0n) is 22.9. The molecule has 0 spiro atoms. The van der Waals surface area contributed by atoms with Crippen LogP contribution in [0.2, 0.25) is 10.0 Å². The number of amides is 2. The van der Waals surface area contributed by atoms with Crippen LogP contribution in [0.3, 0.4) is 0 Å². The van der Waals surface area contributed by atoms with Crippen LogP contribution in [-0.4, -0.2) is 60.3 Å². The Kier molecular flexibility index (Phi) is 9.99. The van der Waals surface area contributed by atoms with Crippen LogP contribution in [0.5, 0.6) is 0 Å². The molecule has 1 N–H and O–H groups in total. The van der Waals surface area contributed by atoms with Gasteiger partial charge in [-0.25, -0.2) is 4.79 Å². The predicted molar refractivity (Wildman–Crippen MR) is 169 cm³/mol. The summed E-state index contributed by atoms with van der Waals surface area (Å²) in [7, 11) is 0. The number of nitrogens with one attached hydrogen (secondary N) is 1. The van der Waals surface area contributed by atoms with Gasteiger partial charge < -0.3 is 14.8 Å². The van der Waals surface area contributed by atoms with E-state index in [0.717, 1.165) is 16.9 Å². The first-order valence-electron chi connectivity index (χ1n) is 13.6. The van der Waals surface area contributed by atoms with E-state index < -0.39 is 12.0 Å². The molecule has 8 nitrogen and oxygen atoms in total. The van der Waals surface area contributed by atoms with Gasteiger partial charge in [-0.3, -0.25) is 19.5 Å². The number of benzene rings is 3. The highest BCUT2D eigenvalue weighted by Crippen LogP contribution is 2.35. The number of carbonyl (C=O) groups excluding carboxylic acids is 3. The molecule has 3 aromatic rings. The second-order valence-corrected chi connectivity index (χ2v) is 10.9. The van der Waals surface area contributed by atoms with Crippen LogP contribution in [0.25, 0.3) is 0 Å². The number of ether oxygens (including phenoxy) is 2. The van der Waals surface area contributed by atoms with Gasteiger partial charge in [0.05, 0.1) is 58.8 Å². The number of fused-ring (bicyclic) bond motifs is 1. The number of hydrogen-bond acceptors (Lipinski definition) is 8. The Morgan fingerprint density at radius 2 is 1.65 bits per heavy atom. The second kappa shape index (κ2) is 14.1. The summed E-state index contributed by atoms with van der Waals surface area (Å²) in [6.07, 6.45) is 1.39. The van der Waals surface area contributed by atoms with Gasteiger partial charge in [0.25, 0.3) is 11.8 Å². The molecule has 1 unspecified atom stereocenters. The molecule has 0 saturated heterocycles. The van der Waals surface area contributed by atoms with Crippen molar-refractivity contribution in [2.45, 2.75) is 18.9 Å². The van der Waals surface area contributed by atoms with Gasteiger partial charge in [-0.2, -0.15) is 0 Å². The highest BCUT2D eigenvalue weighted by Gasteiger charge is 2.35. The molecule has 0 fully saturated rings. The van der Waals surface area contributed by atoms with Crippen LogP contribution in [-0.2, 0) is 20.7 Å². The summed E-state index contributed by atoms with van der Waals surface area (Å²) in [5.41, 5.74) is 3.13. The number of thiocarbonyl (C=S) groups is 1. The Morgan fingerprint density at radius 3 is 2.33 bits per heavy atom. The third-order valence-electron chi connectivity index (χ3n) is 7.01. The number of aryl methyl sites for hydroxylation is 1. The standard InChI is InChI=1S/C32H27Cl2N3O5S/c33-24-13-12-21(17-25(24)34)29-28(32(40)42-15-6-9-20-7-2-1-3-8-20)26(35-27(19-43)36-29)18-41-16-14-37-30(38)22-10-4-5-11-23(22)31(37)39/h1-5,7-8,10-13,17,19,29H,6,9,14-16,18H2,(H,35,36). The summed E-state index contributed by atoms with van der Waals surface area (Å²) < 4.78 is 11.6. The molecule has 5 rings (SSSR count). The average molecular weight is 637 g/mol. The van der Waals surface area contributed by atoms with Crippen molar-refractivity contribution in [3.05, 3.63) is 116 Å². The monoisotopic (exact) mass is 635 g/mol. The van der Waals surface area contributed by atoms with Gasteiger partial charge in [-0.1, -0.05) is 84.0 Å². The van der Waals surface area contributed by atoms with E-state index in [1.807, 2.05) is 30.3 Å². The summed E-state index contributed by atoms with van der Waals surface area (Å²) in [6, 6.07) is 20.8. The van der Waals surface area contributed by atoms with Crippen molar-refractivity contribution in [2.75, 3.05) is 26.4 Å². The third-order valence-corrected chi connectivity index (χ3v) is 7.97. The summed E-state index contributed by atoms with van der Waals surface area (Å²) >= 11 is 17.6. The number of hydrogen-bond donors (Lipinski definition) is 1. The quantitative estimate of drug-likeness (QED) is 0.117. The van der Waals surface area contributed by atoms with Crippen LogP contribution in [0, 0.1) is 0 Å². The maximum Gasteiger partial charge on any atom is 0.338 e. The summed E-state index contributed by atoms with van der Waals surface area (Å²) in [4.78, 5) is 44.8. The predicted octanol–water partition coefficient (Wildman–Crippen LogP) is 5.78. The molecule has 3 aromatic carbocycles. The molecule has 43 heavy (non-hydrogen) atoms. The van der Waals surface area contributed by atoms with Crippen LogP contribution < -0.4 is 5.32 Å². The molecule has 220 valence electrons. The fourth-order valence-corrected chi connectivity index (χ4v) is 5.32. The molecule has 0 saturated carbocycles. The van der Waals surface area contributed by atoms with Crippen LogP contribution in [0.1, 0.15) is 44.3 Å². The largest absolute Gasteiger partial charge is 0.462 e. The number of imide groups is 1. The van der Waals surface area contributed by atoms with Crippen molar-refractivity contribution in [1.82, 2.24) is 10.2 Å². The SMILES string of the molecule is O=C(OCCCc1ccccc1)C1=C(COCCN2C(=O)c3ccccc3C2=O)NC(C=S)=NC1c1ccc(Cl)c(Cl)c1. The fraction of sp³-hybridized carbons (Fsp3) is 0.219. The maximum atomic E-state index is 13.6. The van der Waals surface area contributed by atoms with E-state index in [1.54, 1.807) is 42.5 Å². The van der Waals surface area contributed by atoms with Gasteiger partial charge in [-0.15, -0.1) is 0 Å². The molecular weight excluding hydrogens is 609 g/mol. The summed E-state index contributed by atoms with van der Waals surface area (Å²) in [5, 5.41) is 5.12. The number of carbonyl (C=O) groups is 3. The molecule has 1 atom stereocenters. The lowest BCUT2D eigenvalue weighted by Gasteiger charge is -2.27. The lowest BCUT2D eigenvalue weighted by atomic mass is 9.96. The Labute approximate surface area is 264 Å². The number of aliphatic imine (C=N–C) groups is 1. The zero-order chi connectivity index (χ0) is 30.3. The van der Waals surface area contributed by atoms with Crippen LogP contribution in [0.4, 0.5) is 0 Å². The minimum atomic E-state index is -0.790. The van der Waals surface area contributed by atoms with Gasteiger partial charge >= 0.3 is 5.97 Å². The van der Waals surface area contributed by atoms with Gasteiger partial charge in [0.1, 0.15) is 11.9 Å². The van der Waals surface area contributed by atoms with E-state index >= 15 is 0 Å². The average Bonchev–Trinajstić information content (AvgIpc) is 3.27. The Balaban J connectivity index is 1.32. The van der Waals surface area contributed by atoms with Gasteiger partial charge in [0.2, 0.25) is 0 Å². The van der Waals surface area contributed by atoms with Crippen LogP contribution >= 0.6 is 35.4 Å². The van der Waals surface area contributed by atoms with Crippen molar-refractivity contribution in [2.24, 2.45) is 4.99 Å². The van der Waals surface area contributed by atoms with Gasteiger partial charge in [-0.05, 0) is 48.2 Å². The first-order chi connectivity index (χ1) is 20.9. The van der Waals surface area contributed by atoms with E-state index in [0.29, 0.717) is 44.7 Å². The lowest BCUT2D eigenvalue weighted by Crippen LogP contribution is -2.37. The van der Waals surface area contributed by atoms with E-state index in [9.17, 15) is 14.4 Å². The topological polar surface area (TPSA) is 97.3 Å². The van der Waals surface area contributed by atoms with Gasteiger partial charge in [0.15, 0.2) is 0 Å². The van der Waals surface area contributed by atoms with Crippen molar-refractivity contribution >= 4 is 64.4 Å². The lowest BCUT2D eigenvalue weighted by molar-refractivity contribution is -0.139. The molecule has 11 heteroatoms. The maximum absolute atomic E-state index is 13.6. The number of esters is 1. The van der Waals surface area contributed by atoms with Gasteiger partial charge in [0, 0.05) is 5.37 Å². The highest BCUT2D eigenvalue weighted by atomic mass is 35.5. The fourth-order valence-electron chi connectivity index (χ4n) is 4.89. The van der Waals surface area contributed by atoms with E-state index in [1.165, 1.54) is 5.37 Å². The Bertz CT molecular complexity index is 1590. The number of rotatable bonds is 12. The zero-order valence-corrected chi connectivity index (χ0v) is 25.3. The molecule has 0 aliphatic carbocycles. The minimum Gasteiger partial charge on any atom is -0.462 e. The molecule has 0 aromatic heterocycles. The number of halogens is 2. The molecule has 2 heterocycles. The van der Waals surface area contributed by atoms with E-state index in [2.05, 4.69) is 10.3 Å². The molecular formula is C32H27Cl2N3O5S. The number of amidine groups is 1. The molecule has 0 radical (unpaired) electrons.